The minimum absolute atomic E-state index is 0.0589. The van der Waals surface area contributed by atoms with Crippen LogP contribution in [-0.2, 0) is 14.6 Å². The minimum atomic E-state index is -2.94. The van der Waals surface area contributed by atoms with Gasteiger partial charge in [0.05, 0.1) is 16.8 Å². The highest BCUT2D eigenvalue weighted by atomic mass is 32.2. The first kappa shape index (κ1) is 17.1. The highest BCUT2D eigenvalue weighted by molar-refractivity contribution is 8.01. The van der Waals surface area contributed by atoms with Gasteiger partial charge in [0, 0.05) is 17.8 Å². The molecule has 0 aromatic rings. The first-order valence-electron chi connectivity index (χ1n) is 8.09. The predicted molar refractivity (Wildman–Crippen MR) is 88.4 cm³/mol. The van der Waals surface area contributed by atoms with Gasteiger partial charge in [0.1, 0.15) is 0 Å². The molecule has 0 bridgehead atoms. The Morgan fingerprint density at radius 2 is 1.90 bits per heavy atom. The van der Waals surface area contributed by atoms with Crippen LogP contribution in [0.2, 0.25) is 0 Å². The number of rotatable bonds is 5. The molecular formula is C15H27NO3S2. The average molecular weight is 334 g/mol. The lowest BCUT2D eigenvalue weighted by Crippen LogP contribution is -2.44. The van der Waals surface area contributed by atoms with E-state index in [0.717, 1.165) is 0 Å². The van der Waals surface area contributed by atoms with Gasteiger partial charge in [-0.05, 0) is 33.1 Å². The number of hydrogen-bond donors (Lipinski definition) is 0. The highest BCUT2D eigenvalue weighted by Gasteiger charge is 2.35. The largest absolute Gasteiger partial charge is 0.338 e. The van der Waals surface area contributed by atoms with Crippen LogP contribution in [0.25, 0.3) is 0 Å². The third kappa shape index (κ3) is 4.62. The van der Waals surface area contributed by atoms with Crippen LogP contribution in [0.1, 0.15) is 52.4 Å². The number of hydrogen-bond acceptors (Lipinski definition) is 4. The highest BCUT2D eigenvalue weighted by Crippen LogP contribution is 2.32. The molecule has 6 heteroatoms. The van der Waals surface area contributed by atoms with Gasteiger partial charge in [0.2, 0.25) is 5.91 Å². The molecule has 1 aliphatic heterocycles. The second-order valence-corrected chi connectivity index (χ2v) is 10.1. The maximum absolute atomic E-state index is 12.7. The van der Waals surface area contributed by atoms with Crippen molar-refractivity contribution in [3.8, 4) is 0 Å². The van der Waals surface area contributed by atoms with Crippen LogP contribution in [0.3, 0.4) is 0 Å². The van der Waals surface area contributed by atoms with Crippen molar-refractivity contribution >= 4 is 27.5 Å². The number of nitrogens with zero attached hydrogens (tertiary/aromatic N) is 1. The second kappa shape index (κ2) is 7.36. The van der Waals surface area contributed by atoms with Crippen LogP contribution in [-0.4, -0.2) is 53.8 Å². The van der Waals surface area contributed by atoms with E-state index in [9.17, 15) is 13.2 Å². The van der Waals surface area contributed by atoms with Crippen molar-refractivity contribution in [1.82, 2.24) is 4.90 Å². The molecule has 2 atom stereocenters. The molecule has 0 aromatic heterocycles. The van der Waals surface area contributed by atoms with Gasteiger partial charge >= 0.3 is 0 Å². The van der Waals surface area contributed by atoms with Crippen molar-refractivity contribution in [2.75, 3.05) is 18.1 Å². The Morgan fingerprint density at radius 1 is 1.24 bits per heavy atom. The Bertz CT molecular complexity index is 458. The SMILES string of the molecule is CCN(C(=O)C(C)SC1CCCCC1)C1CCS(=O)(=O)C1. The lowest BCUT2D eigenvalue weighted by atomic mass is 10.0. The Morgan fingerprint density at radius 3 is 2.43 bits per heavy atom. The summed E-state index contributed by atoms with van der Waals surface area (Å²) in [4.78, 5) is 14.5. The van der Waals surface area contributed by atoms with Gasteiger partial charge in [0.25, 0.3) is 0 Å². The summed E-state index contributed by atoms with van der Waals surface area (Å²) < 4.78 is 23.3. The molecular weight excluding hydrogens is 306 g/mol. The van der Waals surface area contributed by atoms with Crippen LogP contribution in [0.5, 0.6) is 0 Å². The van der Waals surface area contributed by atoms with Crippen molar-refractivity contribution in [1.29, 1.82) is 0 Å². The van der Waals surface area contributed by atoms with E-state index in [2.05, 4.69) is 0 Å². The van der Waals surface area contributed by atoms with E-state index < -0.39 is 9.84 Å². The summed E-state index contributed by atoms with van der Waals surface area (Å²) in [5, 5.41) is 0.542. The smallest absolute Gasteiger partial charge is 0.235 e. The summed E-state index contributed by atoms with van der Waals surface area (Å²) in [5.41, 5.74) is 0. The van der Waals surface area contributed by atoms with Gasteiger partial charge in [-0.3, -0.25) is 4.79 Å². The number of sulfone groups is 1. The molecule has 21 heavy (non-hydrogen) atoms. The summed E-state index contributed by atoms with van der Waals surface area (Å²) in [5.74, 6) is 0.495. The average Bonchev–Trinajstić information content (AvgIpc) is 2.80. The first-order valence-corrected chi connectivity index (χ1v) is 10.9. The molecule has 2 unspecified atom stereocenters. The molecule has 1 amide bonds. The Balaban J connectivity index is 1.92. The molecule has 0 N–H and O–H groups in total. The summed E-state index contributed by atoms with van der Waals surface area (Å²) in [6, 6.07) is -0.109. The molecule has 1 heterocycles. The molecule has 122 valence electrons. The van der Waals surface area contributed by atoms with Gasteiger partial charge in [-0.25, -0.2) is 8.42 Å². The van der Waals surface area contributed by atoms with E-state index in [1.165, 1.54) is 32.1 Å². The van der Waals surface area contributed by atoms with E-state index >= 15 is 0 Å². The molecule has 2 fully saturated rings. The number of carbonyl (C=O) groups is 1. The monoisotopic (exact) mass is 333 g/mol. The van der Waals surface area contributed by atoms with E-state index in [0.29, 0.717) is 18.2 Å². The normalized spacial score (nSPS) is 27.4. The van der Waals surface area contributed by atoms with Crippen LogP contribution in [0.4, 0.5) is 0 Å². The second-order valence-electron chi connectivity index (χ2n) is 6.22. The molecule has 0 spiro atoms. The lowest BCUT2D eigenvalue weighted by molar-refractivity contribution is -0.131. The van der Waals surface area contributed by atoms with Gasteiger partial charge in [-0.2, -0.15) is 0 Å². The van der Waals surface area contributed by atoms with Crippen LogP contribution < -0.4 is 0 Å². The van der Waals surface area contributed by atoms with Crippen molar-refractivity contribution < 1.29 is 13.2 Å². The third-order valence-electron chi connectivity index (χ3n) is 4.57. The van der Waals surface area contributed by atoms with E-state index in [4.69, 9.17) is 0 Å². The maximum Gasteiger partial charge on any atom is 0.235 e. The Kier molecular flexibility index (Phi) is 6.00. The van der Waals surface area contributed by atoms with E-state index in [1.807, 2.05) is 13.8 Å². The zero-order chi connectivity index (χ0) is 15.5. The molecule has 2 aliphatic rings. The molecule has 1 saturated heterocycles. The fourth-order valence-electron chi connectivity index (χ4n) is 3.40. The van der Waals surface area contributed by atoms with Gasteiger partial charge in [-0.15, -0.1) is 11.8 Å². The predicted octanol–water partition coefficient (Wildman–Crippen LogP) is 2.48. The summed E-state index contributed by atoms with van der Waals surface area (Å²) >= 11 is 1.79. The molecule has 2 rings (SSSR count). The van der Waals surface area contributed by atoms with E-state index in [-0.39, 0.29) is 28.7 Å². The molecule has 0 radical (unpaired) electrons. The minimum Gasteiger partial charge on any atom is -0.338 e. The topological polar surface area (TPSA) is 54.5 Å². The lowest BCUT2D eigenvalue weighted by Gasteiger charge is -2.31. The number of carbonyl (C=O) groups excluding carboxylic acids is 1. The van der Waals surface area contributed by atoms with Crippen molar-refractivity contribution in [3.05, 3.63) is 0 Å². The van der Waals surface area contributed by atoms with Crippen LogP contribution >= 0.6 is 11.8 Å². The molecule has 1 saturated carbocycles. The van der Waals surface area contributed by atoms with Gasteiger partial charge in [0.15, 0.2) is 9.84 Å². The standard InChI is InChI=1S/C15H27NO3S2/c1-3-16(13-9-10-21(18,19)11-13)15(17)12(2)20-14-7-5-4-6-8-14/h12-14H,3-11H2,1-2H3. The van der Waals surface area contributed by atoms with Crippen molar-refractivity contribution in [3.63, 3.8) is 0 Å². The summed E-state index contributed by atoms with van der Waals surface area (Å²) in [6.07, 6.45) is 6.90. The van der Waals surface area contributed by atoms with E-state index in [1.54, 1.807) is 16.7 Å². The Labute approximate surface area is 133 Å². The number of amides is 1. The van der Waals surface area contributed by atoms with Gasteiger partial charge in [-0.1, -0.05) is 19.3 Å². The summed E-state index contributed by atoms with van der Waals surface area (Å²) in [7, 11) is -2.94. The Hall–Kier alpha value is -0.230. The first-order chi connectivity index (χ1) is 9.93. The van der Waals surface area contributed by atoms with Crippen molar-refractivity contribution in [2.45, 2.75) is 68.9 Å². The fourth-order valence-corrected chi connectivity index (χ4v) is 6.56. The zero-order valence-electron chi connectivity index (χ0n) is 13.1. The van der Waals surface area contributed by atoms with Gasteiger partial charge < -0.3 is 4.90 Å². The quantitative estimate of drug-likeness (QED) is 0.775. The molecule has 1 aliphatic carbocycles. The van der Waals surface area contributed by atoms with Crippen LogP contribution in [0, 0.1) is 0 Å². The maximum atomic E-state index is 12.7. The summed E-state index contributed by atoms with van der Waals surface area (Å²) in [6.45, 7) is 4.53. The fraction of sp³-hybridized carbons (Fsp3) is 0.933. The number of thioether (sulfide) groups is 1. The molecule has 4 nitrogen and oxygen atoms in total. The molecule has 0 aromatic carbocycles. The van der Waals surface area contributed by atoms with Crippen molar-refractivity contribution in [2.24, 2.45) is 0 Å². The third-order valence-corrected chi connectivity index (χ3v) is 7.79. The zero-order valence-corrected chi connectivity index (χ0v) is 14.7. The van der Waals surface area contributed by atoms with Crippen LogP contribution in [0.15, 0.2) is 0 Å².